The van der Waals surface area contributed by atoms with Crippen LogP contribution in [0.15, 0.2) is 42.7 Å². The minimum atomic E-state index is -3.86. The molecule has 9 heteroatoms. The Bertz CT molecular complexity index is 745. The molecule has 0 unspecified atom stereocenters. The number of aliphatic hydroxyl groups is 1. The summed E-state index contributed by atoms with van der Waals surface area (Å²) in [6.07, 6.45) is 0. The van der Waals surface area contributed by atoms with E-state index in [0.717, 1.165) is 0 Å². The summed E-state index contributed by atoms with van der Waals surface area (Å²) in [6.45, 7) is -0.394. The molecule has 0 aliphatic carbocycles. The van der Waals surface area contributed by atoms with E-state index < -0.39 is 16.6 Å². The molecule has 0 saturated carbocycles. The fourth-order valence-electron chi connectivity index (χ4n) is 1.43. The van der Waals surface area contributed by atoms with E-state index in [4.69, 9.17) is 21.1 Å². The lowest BCUT2D eigenvalue weighted by Crippen LogP contribution is -2.13. The van der Waals surface area contributed by atoms with Crippen molar-refractivity contribution >= 4 is 59.2 Å². The van der Waals surface area contributed by atoms with Gasteiger partial charge in [0.25, 0.3) is 10.0 Å². The van der Waals surface area contributed by atoms with Crippen LogP contribution in [0.4, 0.5) is 5.69 Å². The van der Waals surface area contributed by atoms with Crippen molar-refractivity contribution in [1.29, 1.82) is 0 Å². The van der Waals surface area contributed by atoms with Crippen molar-refractivity contribution < 1.29 is 17.9 Å². The molecule has 0 aliphatic heterocycles. The van der Waals surface area contributed by atoms with Gasteiger partial charge in [-0.15, -0.1) is 0 Å². The van der Waals surface area contributed by atoms with Crippen LogP contribution < -0.4 is 4.72 Å². The summed E-state index contributed by atoms with van der Waals surface area (Å²) in [5, 5.41) is 9.35. The van der Waals surface area contributed by atoms with Crippen LogP contribution in [0.25, 0.3) is 0 Å². The number of rotatable bonds is 4. The molecule has 0 saturated heterocycles. The molecule has 108 valence electrons. The maximum atomic E-state index is 12.3. The van der Waals surface area contributed by atoms with Gasteiger partial charge < -0.3 is 9.52 Å². The monoisotopic (exact) mass is 443 g/mol. The third-order valence-corrected chi connectivity index (χ3v) is 5.47. The lowest BCUT2D eigenvalue weighted by Gasteiger charge is -2.08. The molecule has 0 amide bonds. The molecule has 5 nitrogen and oxygen atoms in total. The predicted molar refractivity (Wildman–Crippen MR) is 82.3 cm³/mol. The normalized spacial score (nSPS) is 11.6. The highest BCUT2D eigenvalue weighted by Gasteiger charge is 2.23. The van der Waals surface area contributed by atoms with Crippen LogP contribution in [0.2, 0.25) is 5.02 Å². The van der Waals surface area contributed by atoms with Gasteiger partial charge in [0.2, 0.25) is 0 Å². The Labute approximate surface area is 137 Å². The molecule has 0 fully saturated rings. The lowest BCUT2D eigenvalue weighted by atomic mass is 10.3. The molecule has 0 bridgehead atoms. The zero-order valence-corrected chi connectivity index (χ0v) is 14.5. The third-order valence-electron chi connectivity index (χ3n) is 2.32. The van der Waals surface area contributed by atoms with Gasteiger partial charge >= 0.3 is 0 Å². The fourth-order valence-corrected chi connectivity index (χ4v) is 4.15. The van der Waals surface area contributed by atoms with Gasteiger partial charge in [-0.1, -0.05) is 11.6 Å². The summed E-state index contributed by atoms with van der Waals surface area (Å²) in [5.74, 6) is 0.141. The van der Waals surface area contributed by atoms with Gasteiger partial charge in [0.05, 0.1) is 5.69 Å². The first-order valence-electron chi connectivity index (χ1n) is 5.20. The highest BCUT2D eigenvalue weighted by Crippen LogP contribution is 2.31. The molecular formula is C11H8Br2ClNO4S. The molecule has 0 spiro atoms. The van der Waals surface area contributed by atoms with E-state index in [1.165, 1.54) is 12.1 Å². The molecular weight excluding hydrogens is 437 g/mol. The van der Waals surface area contributed by atoms with Crippen LogP contribution in [-0.2, 0) is 16.6 Å². The second-order valence-corrected chi connectivity index (χ2v) is 7.40. The molecule has 0 atom stereocenters. The van der Waals surface area contributed by atoms with Gasteiger partial charge in [-0.25, -0.2) is 8.42 Å². The maximum Gasteiger partial charge on any atom is 0.266 e. The third kappa shape index (κ3) is 3.37. The Balaban J connectivity index is 2.40. The molecule has 0 aliphatic rings. The summed E-state index contributed by atoms with van der Waals surface area (Å²) < 4.78 is 32.5. The van der Waals surface area contributed by atoms with Crippen molar-refractivity contribution in [2.24, 2.45) is 0 Å². The number of hydrogen-bond donors (Lipinski definition) is 2. The molecule has 20 heavy (non-hydrogen) atoms. The summed E-state index contributed by atoms with van der Waals surface area (Å²) in [5.41, 5.74) is 0.302. The van der Waals surface area contributed by atoms with Crippen LogP contribution in [0.5, 0.6) is 0 Å². The molecule has 2 rings (SSSR count). The van der Waals surface area contributed by atoms with Crippen LogP contribution >= 0.6 is 43.5 Å². The van der Waals surface area contributed by atoms with Crippen molar-refractivity contribution in [2.75, 3.05) is 4.72 Å². The summed E-state index contributed by atoms with van der Waals surface area (Å²) >= 11 is 12.1. The van der Waals surface area contributed by atoms with E-state index >= 15 is 0 Å². The van der Waals surface area contributed by atoms with Crippen LogP contribution in [0, 0.1) is 0 Å². The Morgan fingerprint density at radius 2 is 2.00 bits per heavy atom. The number of furan rings is 1. The lowest BCUT2D eigenvalue weighted by molar-refractivity contribution is 0.245. The van der Waals surface area contributed by atoms with E-state index in [1.807, 2.05) is 0 Å². The quantitative estimate of drug-likeness (QED) is 0.751. The van der Waals surface area contributed by atoms with Gasteiger partial charge in [-0.05, 0) is 50.1 Å². The van der Waals surface area contributed by atoms with Crippen molar-refractivity contribution in [2.45, 2.75) is 11.5 Å². The number of nitrogens with one attached hydrogen (secondary N) is 1. The average Bonchev–Trinajstić information content (AvgIpc) is 2.76. The standard InChI is InChI=1S/C11H8Br2ClNO4S/c12-8-2-1-6(14)3-9(8)15-20(17,18)10-4-7(5-16)19-11(10)13/h1-4,15-16H,5H2. The van der Waals surface area contributed by atoms with E-state index in [0.29, 0.717) is 15.2 Å². The number of hydrogen-bond acceptors (Lipinski definition) is 4. The number of halogens is 3. The first kappa shape index (κ1) is 15.8. The molecule has 2 N–H and O–H groups in total. The fraction of sp³-hybridized carbons (Fsp3) is 0.0909. The van der Waals surface area contributed by atoms with Crippen molar-refractivity contribution in [3.8, 4) is 0 Å². The predicted octanol–water partition coefficient (Wildman–Crippen LogP) is 3.75. The highest BCUT2D eigenvalue weighted by atomic mass is 79.9. The van der Waals surface area contributed by atoms with Crippen LogP contribution in [-0.4, -0.2) is 13.5 Å². The van der Waals surface area contributed by atoms with Crippen molar-refractivity contribution in [3.05, 3.63) is 44.2 Å². The van der Waals surface area contributed by atoms with Gasteiger partial charge in [0, 0.05) is 15.6 Å². The molecule has 1 heterocycles. The van der Waals surface area contributed by atoms with E-state index in [-0.39, 0.29) is 15.3 Å². The summed E-state index contributed by atoms with van der Waals surface area (Å²) in [7, 11) is -3.86. The van der Waals surface area contributed by atoms with E-state index in [9.17, 15) is 8.42 Å². The SMILES string of the molecule is O=S(=O)(Nc1cc(Cl)ccc1Br)c1cc(CO)oc1Br. The maximum absolute atomic E-state index is 12.3. The van der Waals surface area contributed by atoms with Gasteiger partial charge in [-0.3, -0.25) is 4.72 Å². The number of aliphatic hydroxyl groups excluding tert-OH is 1. The Morgan fingerprint density at radius 3 is 2.60 bits per heavy atom. The topological polar surface area (TPSA) is 79.5 Å². The van der Waals surface area contributed by atoms with Crippen molar-refractivity contribution in [1.82, 2.24) is 0 Å². The molecule has 1 aromatic carbocycles. The summed E-state index contributed by atoms with van der Waals surface area (Å²) in [6, 6.07) is 5.97. The molecule has 2 aromatic rings. The second kappa shape index (κ2) is 6.07. The highest BCUT2D eigenvalue weighted by molar-refractivity contribution is 9.10. The van der Waals surface area contributed by atoms with Crippen LogP contribution in [0.3, 0.4) is 0 Å². The minimum absolute atomic E-state index is 0.0206. The van der Waals surface area contributed by atoms with E-state index in [1.54, 1.807) is 12.1 Å². The zero-order valence-electron chi connectivity index (χ0n) is 9.73. The Kier molecular flexibility index (Phi) is 4.80. The van der Waals surface area contributed by atoms with Gasteiger partial charge in [-0.2, -0.15) is 0 Å². The second-order valence-electron chi connectivity index (χ2n) is 3.74. The van der Waals surface area contributed by atoms with Crippen LogP contribution in [0.1, 0.15) is 5.76 Å². The number of anilines is 1. The van der Waals surface area contributed by atoms with Gasteiger partial charge in [0.1, 0.15) is 17.3 Å². The summed E-state index contributed by atoms with van der Waals surface area (Å²) in [4.78, 5) is -0.103. The zero-order chi connectivity index (χ0) is 14.9. The average molecular weight is 446 g/mol. The Morgan fingerprint density at radius 1 is 1.30 bits per heavy atom. The van der Waals surface area contributed by atoms with Crippen molar-refractivity contribution in [3.63, 3.8) is 0 Å². The largest absolute Gasteiger partial charge is 0.450 e. The smallest absolute Gasteiger partial charge is 0.266 e. The van der Waals surface area contributed by atoms with E-state index in [2.05, 4.69) is 36.6 Å². The Hall–Kier alpha value is -0.540. The molecule has 0 radical (unpaired) electrons. The van der Waals surface area contributed by atoms with Gasteiger partial charge in [0.15, 0.2) is 4.67 Å². The number of sulfonamides is 1. The molecule has 1 aromatic heterocycles. The first-order valence-corrected chi connectivity index (χ1v) is 8.65. The number of benzene rings is 1. The minimum Gasteiger partial charge on any atom is -0.450 e. The first-order chi connectivity index (χ1) is 9.33.